The van der Waals surface area contributed by atoms with Crippen molar-refractivity contribution in [2.45, 2.75) is 44.9 Å². The predicted molar refractivity (Wildman–Crippen MR) is 96.2 cm³/mol. The number of esters is 1. The van der Waals surface area contributed by atoms with Gasteiger partial charge in [0.2, 0.25) is 0 Å². The van der Waals surface area contributed by atoms with Gasteiger partial charge in [-0.05, 0) is 79.9 Å². The molecule has 26 heavy (non-hydrogen) atoms. The number of hydrogen-bond acceptors (Lipinski definition) is 3. The van der Waals surface area contributed by atoms with Gasteiger partial charge in [0.05, 0.1) is 12.1 Å². The number of halogens is 2. The van der Waals surface area contributed by atoms with Gasteiger partial charge in [-0.1, -0.05) is 11.6 Å². The zero-order chi connectivity index (χ0) is 18.3. The molecule has 140 valence electrons. The molecule has 1 aromatic rings. The zero-order valence-electron chi connectivity index (χ0n) is 14.6. The molecule has 1 amide bonds. The average Bonchev–Trinajstić information content (AvgIpc) is 2.54. The minimum absolute atomic E-state index is 0.0246. The van der Waals surface area contributed by atoms with E-state index in [-0.39, 0.29) is 22.1 Å². The molecule has 4 aliphatic rings. The van der Waals surface area contributed by atoms with Gasteiger partial charge in [-0.15, -0.1) is 0 Å². The van der Waals surface area contributed by atoms with Crippen LogP contribution in [0.25, 0.3) is 0 Å². The van der Waals surface area contributed by atoms with Crippen molar-refractivity contribution >= 4 is 29.2 Å². The number of amides is 1. The third kappa shape index (κ3) is 3.73. The summed E-state index contributed by atoms with van der Waals surface area (Å²) < 4.78 is 18.9. The maximum absolute atomic E-state index is 13.7. The van der Waals surface area contributed by atoms with Crippen LogP contribution in [-0.2, 0) is 14.3 Å². The van der Waals surface area contributed by atoms with Gasteiger partial charge in [0, 0.05) is 5.02 Å². The molecule has 0 radical (unpaired) electrons. The monoisotopic (exact) mass is 379 g/mol. The number of carbonyl (C=O) groups is 2. The number of nitrogens with one attached hydrogen (secondary N) is 1. The van der Waals surface area contributed by atoms with Crippen molar-refractivity contribution < 1.29 is 18.7 Å². The number of rotatable bonds is 5. The van der Waals surface area contributed by atoms with E-state index >= 15 is 0 Å². The molecule has 5 rings (SSSR count). The first-order valence-electron chi connectivity index (χ1n) is 9.31. The Morgan fingerprint density at radius 2 is 1.77 bits per heavy atom. The van der Waals surface area contributed by atoms with E-state index in [1.54, 1.807) is 0 Å². The first-order valence-corrected chi connectivity index (χ1v) is 9.69. The van der Waals surface area contributed by atoms with Gasteiger partial charge < -0.3 is 10.1 Å². The quantitative estimate of drug-likeness (QED) is 0.762. The van der Waals surface area contributed by atoms with Crippen molar-refractivity contribution in [3.8, 4) is 0 Å². The second-order valence-electron chi connectivity index (χ2n) is 8.43. The maximum atomic E-state index is 13.7. The Bertz CT molecular complexity index is 700. The van der Waals surface area contributed by atoms with Crippen LogP contribution in [0.3, 0.4) is 0 Å². The lowest BCUT2D eigenvalue weighted by molar-refractivity contribution is -0.154. The highest BCUT2D eigenvalue weighted by atomic mass is 35.5. The molecule has 1 aromatic carbocycles. The minimum Gasteiger partial charge on any atom is -0.456 e. The molecule has 0 heterocycles. The van der Waals surface area contributed by atoms with Crippen LogP contribution in [0.1, 0.15) is 44.9 Å². The summed E-state index contributed by atoms with van der Waals surface area (Å²) in [7, 11) is 0. The molecule has 4 fully saturated rings. The third-order valence-electron chi connectivity index (χ3n) is 6.25. The third-order valence-corrected chi connectivity index (χ3v) is 6.49. The lowest BCUT2D eigenvalue weighted by atomic mass is 9.49. The topological polar surface area (TPSA) is 55.4 Å². The van der Waals surface area contributed by atoms with Gasteiger partial charge in [0.25, 0.3) is 5.91 Å². The highest BCUT2D eigenvalue weighted by molar-refractivity contribution is 6.30. The largest absolute Gasteiger partial charge is 0.456 e. The van der Waals surface area contributed by atoms with E-state index < -0.39 is 18.3 Å². The van der Waals surface area contributed by atoms with Crippen LogP contribution in [0.4, 0.5) is 10.1 Å². The van der Waals surface area contributed by atoms with Gasteiger partial charge in [0.15, 0.2) is 6.61 Å². The van der Waals surface area contributed by atoms with E-state index in [2.05, 4.69) is 5.32 Å². The molecule has 0 aromatic heterocycles. The summed E-state index contributed by atoms with van der Waals surface area (Å²) >= 11 is 5.68. The molecule has 4 aliphatic carbocycles. The van der Waals surface area contributed by atoms with Gasteiger partial charge in [0.1, 0.15) is 5.82 Å². The Morgan fingerprint density at radius 1 is 1.15 bits per heavy atom. The van der Waals surface area contributed by atoms with Gasteiger partial charge >= 0.3 is 5.97 Å². The van der Waals surface area contributed by atoms with Crippen molar-refractivity contribution in [3.63, 3.8) is 0 Å². The van der Waals surface area contributed by atoms with Crippen LogP contribution in [0, 0.1) is 29.0 Å². The fraction of sp³-hybridized carbons (Fsp3) is 0.600. The summed E-state index contributed by atoms with van der Waals surface area (Å²) in [6.07, 6.45) is 7.73. The summed E-state index contributed by atoms with van der Waals surface area (Å²) in [5.41, 5.74) is 0.112. The zero-order valence-corrected chi connectivity index (χ0v) is 15.4. The van der Waals surface area contributed by atoms with Gasteiger partial charge in [-0.2, -0.15) is 0 Å². The summed E-state index contributed by atoms with van der Waals surface area (Å²) in [5.74, 6) is 0.815. The summed E-state index contributed by atoms with van der Waals surface area (Å²) in [6.45, 7) is -0.396. The van der Waals surface area contributed by atoms with E-state index in [4.69, 9.17) is 16.3 Å². The molecule has 6 heteroatoms. The minimum atomic E-state index is -0.620. The van der Waals surface area contributed by atoms with Crippen LogP contribution in [0.2, 0.25) is 5.02 Å². The summed E-state index contributed by atoms with van der Waals surface area (Å²) in [6, 6.07) is 3.99. The molecule has 4 bridgehead atoms. The van der Waals surface area contributed by atoms with Crippen molar-refractivity contribution in [1.82, 2.24) is 0 Å². The van der Waals surface area contributed by atoms with E-state index in [9.17, 15) is 14.0 Å². The molecule has 0 atom stereocenters. The van der Waals surface area contributed by atoms with Gasteiger partial charge in [-0.3, -0.25) is 9.59 Å². The second kappa shape index (κ2) is 6.84. The van der Waals surface area contributed by atoms with Crippen LogP contribution in [0.15, 0.2) is 18.2 Å². The number of carbonyl (C=O) groups excluding carboxylic acids is 2. The van der Waals surface area contributed by atoms with E-state index in [1.165, 1.54) is 31.4 Å². The SMILES string of the molecule is O=C(COC(=O)CC12CC3CC(CC(C3)C1)C2)Nc1ccc(Cl)cc1F. The fourth-order valence-electron chi connectivity index (χ4n) is 5.79. The van der Waals surface area contributed by atoms with Gasteiger partial charge in [-0.25, -0.2) is 4.39 Å². The first-order chi connectivity index (χ1) is 12.4. The smallest absolute Gasteiger partial charge is 0.306 e. The van der Waals surface area contributed by atoms with Crippen molar-refractivity contribution in [1.29, 1.82) is 0 Å². The molecule has 0 unspecified atom stereocenters. The van der Waals surface area contributed by atoms with Crippen LogP contribution >= 0.6 is 11.6 Å². The maximum Gasteiger partial charge on any atom is 0.306 e. The van der Waals surface area contributed by atoms with E-state index in [0.29, 0.717) is 6.42 Å². The number of ether oxygens (including phenoxy) is 1. The second-order valence-corrected chi connectivity index (χ2v) is 8.86. The Morgan fingerprint density at radius 3 is 2.35 bits per heavy atom. The lowest BCUT2D eigenvalue weighted by Gasteiger charge is -2.56. The Labute approximate surface area is 157 Å². The standard InChI is InChI=1S/C20H23ClFNO3/c21-15-1-2-17(16(22)6-15)23-18(24)11-26-19(25)10-20-7-12-3-13(8-20)5-14(4-12)9-20/h1-2,6,12-14H,3-5,7-11H2,(H,23,24). The fourth-order valence-corrected chi connectivity index (χ4v) is 5.95. The number of anilines is 1. The highest BCUT2D eigenvalue weighted by Gasteiger charge is 2.51. The van der Waals surface area contributed by atoms with Crippen LogP contribution in [-0.4, -0.2) is 18.5 Å². The van der Waals surface area contributed by atoms with E-state index in [0.717, 1.165) is 43.1 Å². The summed E-state index contributed by atoms with van der Waals surface area (Å²) in [5, 5.41) is 2.65. The lowest BCUT2D eigenvalue weighted by Crippen LogP contribution is -2.47. The Balaban J connectivity index is 1.28. The molecule has 4 saturated carbocycles. The van der Waals surface area contributed by atoms with Crippen LogP contribution < -0.4 is 5.32 Å². The molecule has 4 nitrogen and oxygen atoms in total. The van der Waals surface area contributed by atoms with Crippen LogP contribution in [0.5, 0.6) is 0 Å². The average molecular weight is 380 g/mol. The normalized spacial score (nSPS) is 31.7. The van der Waals surface area contributed by atoms with Crippen molar-refractivity contribution in [2.24, 2.45) is 23.2 Å². The molecule has 0 spiro atoms. The predicted octanol–water partition coefficient (Wildman–Crippen LogP) is 4.57. The Kier molecular flexibility index (Phi) is 4.68. The first kappa shape index (κ1) is 17.8. The number of benzene rings is 1. The molecule has 1 N–H and O–H groups in total. The molecule has 0 aliphatic heterocycles. The Hall–Kier alpha value is -1.62. The van der Waals surface area contributed by atoms with E-state index in [1.807, 2.05) is 0 Å². The molecular formula is C20H23ClFNO3. The number of hydrogen-bond donors (Lipinski definition) is 1. The molecule has 0 saturated heterocycles. The highest BCUT2D eigenvalue weighted by Crippen LogP contribution is 2.61. The summed E-state index contributed by atoms with van der Waals surface area (Å²) in [4.78, 5) is 24.2. The van der Waals surface area contributed by atoms with Crippen molar-refractivity contribution in [3.05, 3.63) is 29.0 Å². The molecular weight excluding hydrogens is 357 g/mol. The van der Waals surface area contributed by atoms with Crippen molar-refractivity contribution in [2.75, 3.05) is 11.9 Å².